The molecule has 3 fully saturated rings. The number of nitrogens with two attached hydrogens (primary N) is 1. The fraction of sp³-hybridized carbons (Fsp3) is 0.556. The summed E-state index contributed by atoms with van der Waals surface area (Å²) in [4.78, 5) is 29.3. The molecule has 1 aromatic heterocycles. The van der Waals surface area contributed by atoms with E-state index >= 15 is 0 Å². The standard InChI is InChI=1S/C27H35N7O2/c28-12-9-27(34-19-23(25(29)36)26(31-34)30-24(35)17-20-3-4-20)10-15-32(16-11-27)18-21-5-7-22(8-6-21)33-13-1-2-14-33/h5-8,19-20H,1-4,9-11,13-18H2,(H2,29,36)(H,30,31,35). The van der Waals surface area contributed by atoms with Gasteiger partial charge in [-0.05, 0) is 62.1 Å². The van der Waals surface area contributed by atoms with Crippen LogP contribution in [-0.4, -0.2) is 52.7 Å². The summed E-state index contributed by atoms with van der Waals surface area (Å²) in [5.74, 6) is -0.157. The predicted octanol–water partition coefficient (Wildman–Crippen LogP) is 3.23. The molecule has 5 rings (SSSR count). The Morgan fingerprint density at radius 3 is 2.42 bits per heavy atom. The number of nitrogens with one attached hydrogen (secondary N) is 1. The highest BCUT2D eigenvalue weighted by Gasteiger charge is 2.38. The first-order valence-corrected chi connectivity index (χ1v) is 13.1. The highest BCUT2D eigenvalue weighted by atomic mass is 16.2. The Kier molecular flexibility index (Phi) is 6.97. The van der Waals surface area contributed by atoms with Crippen LogP contribution in [0.1, 0.15) is 67.3 Å². The third-order valence-corrected chi connectivity index (χ3v) is 7.90. The lowest BCUT2D eigenvalue weighted by Gasteiger charge is -2.40. The van der Waals surface area contributed by atoms with Crippen molar-refractivity contribution >= 4 is 23.3 Å². The van der Waals surface area contributed by atoms with E-state index in [1.54, 1.807) is 10.9 Å². The van der Waals surface area contributed by atoms with E-state index in [9.17, 15) is 14.9 Å². The molecule has 3 heterocycles. The minimum Gasteiger partial charge on any atom is -0.372 e. The van der Waals surface area contributed by atoms with E-state index in [4.69, 9.17) is 5.73 Å². The number of likely N-dealkylation sites (tertiary alicyclic amines) is 1. The van der Waals surface area contributed by atoms with Gasteiger partial charge >= 0.3 is 0 Å². The van der Waals surface area contributed by atoms with Crippen molar-refractivity contribution < 1.29 is 9.59 Å². The van der Waals surface area contributed by atoms with Crippen LogP contribution < -0.4 is 16.0 Å². The average Bonchev–Trinajstić information content (AvgIpc) is 3.32. The van der Waals surface area contributed by atoms with E-state index in [1.165, 1.54) is 24.1 Å². The van der Waals surface area contributed by atoms with E-state index in [0.717, 1.165) is 58.4 Å². The number of nitriles is 1. The molecular formula is C27H35N7O2. The normalized spacial score (nSPS) is 19.7. The molecule has 0 radical (unpaired) electrons. The average molecular weight is 490 g/mol. The number of hydrogen-bond donors (Lipinski definition) is 2. The van der Waals surface area contributed by atoms with Crippen LogP contribution in [-0.2, 0) is 16.9 Å². The van der Waals surface area contributed by atoms with Gasteiger partial charge in [0.05, 0.1) is 18.0 Å². The molecule has 0 bridgehead atoms. The van der Waals surface area contributed by atoms with Crippen LogP contribution in [0.4, 0.5) is 11.5 Å². The van der Waals surface area contributed by atoms with Crippen molar-refractivity contribution in [3.05, 3.63) is 41.6 Å². The molecule has 1 saturated carbocycles. The van der Waals surface area contributed by atoms with E-state index in [1.807, 2.05) is 0 Å². The zero-order valence-electron chi connectivity index (χ0n) is 20.8. The van der Waals surface area contributed by atoms with Crippen molar-refractivity contribution in [1.29, 1.82) is 5.26 Å². The molecule has 0 atom stereocenters. The Labute approximate surface area is 212 Å². The van der Waals surface area contributed by atoms with Crippen LogP contribution in [0.15, 0.2) is 30.5 Å². The van der Waals surface area contributed by atoms with Gasteiger partial charge in [0, 0.05) is 51.0 Å². The van der Waals surface area contributed by atoms with Crippen LogP contribution in [0.3, 0.4) is 0 Å². The molecule has 9 heteroatoms. The van der Waals surface area contributed by atoms with Crippen LogP contribution in [0.25, 0.3) is 0 Å². The summed E-state index contributed by atoms with van der Waals surface area (Å²) in [6, 6.07) is 11.2. The van der Waals surface area contributed by atoms with Gasteiger partial charge in [-0.3, -0.25) is 19.2 Å². The van der Waals surface area contributed by atoms with Crippen molar-refractivity contribution in [3.63, 3.8) is 0 Å². The predicted molar refractivity (Wildman–Crippen MR) is 137 cm³/mol. The SMILES string of the molecule is N#CCC1(n2cc(C(N)=O)c(NC(=O)CC3CC3)n2)CCN(Cc2ccc(N3CCCC3)cc2)CC1. The van der Waals surface area contributed by atoms with Crippen LogP contribution >= 0.6 is 0 Å². The number of amides is 2. The van der Waals surface area contributed by atoms with Crippen molar-refractivity contribution in [2.75, 3.05) is 36.4 Å². The topological polar surface area (TPSA) is 120 Å². The van der Waals surface area contributed by atoms with Gasteiger partial charge in [-0.25, -0.2) is 0 Å². The second-order valence-electron chi connectivity index (χ2n) is 10.6. The van der Waals surface area contributed by atoms with Crippen LogP contribution in [0.2, 0.25) is 0 Å². The monoisotopic (exact) mass is 489 g/mol. The molecule has 3 N–H and O–H groups in total. The second kappa shape index (κ2) is 10.3. The van der Waals surface area contributed by atoms with E-state index in [2.05, 4.69) is 50.5 Å². The molecule has 2 saturated heterocycles. The number of nitrogens with zero attached hydrogens (tertiary/aromatic N) is 5. The van der Waals surface area contributed by atoms with Gasteiger partial charge in [-0.15, -0.1) is 0 Å². The van der Waals surface area contributed by atoms with E-state index in [0.29, 0.717) is 12.3 Å². The van der Waals surface area contributed by atoms with Crippen molar-refractivity contribution in [2.45, 2.75) is 63.5 Å². The number of primary amides is 1. The maximum Gasteiger partial charge on any atom is 0.254 e. The number of carbonyl (C=O) groups excluding carboxylic acids is 2. The smallest absolute Gasteiger partial charge is 0.254 e. The molecule has 2 aromatic rings. The number of piperidine rings is 1. The minimum atomic E-state index is -0.634. The Bertz CT molecular complexity index is 1130. The minimum absolute atomic E-state index is 0.148. The van der Waals surface area contributed by atoms with E-state index in [-0.39, 0.29) is 23.7 Å². The highest BCUT2D eigenvalue weighted by molar-refractivity contribution is 6.01. The Hall–Kier alpha value is -3.38. The van der Waals surface area contributed by atoms with Gasteiger partial charge in [0.2, 0.25) is 5.91 Å². The summed E-state index contributed by atoms with van der Waals surface area (Å²) < 4.78 is 1.71. The number of anilines is 2. The van der Waals surface area contributed by atoms with Gasteiger partial charge < -0.3 is 16.0 Å². The Morgan fingerprint density at radius 2 is 1.81 bits per heavy atom. The zero-order valence-corrected chi connectivity index (χ0v) is 20.8. The van der Waals surface area contributed by atoms with E-state index < -0.39 is 11.4 Å². The molecule has 0 unspecified atom stereocenters. The van der Waals surface area contributed by atoms with Crippen LogP contribution in [0, 0.1) is 17.2 Å². The third kappa shape index (κ3) is 5.39. The second-order valence-corrected chi connectivity index (χ2v) is 10.6. The molecule has 1 aromatic carbocycles. The number of carbonyl (C=O) groups is 2. The highest BCUT2D eigenvalue weighted by Crippen LogP contribution is 2.36. The summed E-state index contributed by atoms with van der Waals surface area (Å²) in [6.07, 6.45) is 8.44. The first kappa shape index (κ1) is 24.3. The largest absolute Gasteiger partial charge is 0.372 e. The van der Waals surface area contributed by atoms with Gasteiger partial charge in [0.1, 0.15) is 5.56 Å². The Morgan fingerprint density at radius 1 is 1.11 bits per heavy atom. The first-order valence-electron chi connectivity index (χ1n) is 13.1. The molecule has 1 aliphatic carbocycles. The maximum atomic E-state index is 12.4. The summed E-state index contributed by atoms with van der Waals surface area (Å²) in [5.41, 5.74) is 7.84. The Balaban J connectivity index is 1.25. The van der Waals surface area contributed by atoms with Gasteiger partial charge in [0.15, 0.2) is 5.82 Å². The molecular weight excluding hydrogens is 454 g/mol. The van der Waals surface area contributed by atoms with Gasteiger partial charge in [-0.1, -0.05) is 12.1 Å². The number of aromatic nitrogens is 2. The summed E-state index contributed by atoms with van der Waals surface area (Å²) in [6.45, 7) is 4.76. The molecule has 2 aliphatic heterocycles. The maximum absolute atomic E-state index is 12.4. The zero-order chi connectivity index (χ0) is 25.1. The third-order valence-electron chi connectivity index (χ3n) is 7.90. The fourth-order valence-corrected chi connectivity index (χ4v) is 5.46. The molecule has 190 valence electrons. The molecule has 2 amide bonds. The summed E-state index contributed by atoms with van der Waals surface area (Å²) >= 11 is 0. The number of benzene rings is 1. The molecule has 9 nitrogen and oxygen atoms in total. The quantitative estimate of drug-likeness (QED) is 0.558. The van der Waals surface area contributed by atoms with Crippen molar-refractivity contribution in [2.24, 2.45) is 11.7 Å². The lowest BCUT2D eigenvalue weighted by molar-refractivity contribution is -0.116. The lowest BCUT2D eigenvalue weighted by Crippen LogP contribution is -2.46. The summed E-state index contributed by atoms with van der Waals surface area (Å²) in [5, 5.41) is 17.0. The van der Waals surface area contributed by atoms with Crippen LogP contribution in [0.5, 0.6) is 0 Å². The number of hydrogen-bond acceptors (Lipinski definition) is 6. The number of rotatable bonds is 9. The molecule has 36 heavy (non-hydrogen) atoms. The lowest BCUT2D eigenvalue weighted by atomic mass is 9.84. The first-order chi connectivity index (χ1) is 17.5. The van der Waals surface area contributed by atoms with Gasteiger partial charge in [-0.2, -0.15) is 10.4 Å². The van der Waals surface area contributed by atoms with Crippen molar-refractivity contribution in [3.8, 4) is 6.07 Å². The molecule has 3 aliphatic rings. The van der Waals surface area contributed by atoms with Crippen molar-refractivity contribution in [1.82, 2.24) is 14.7 Å². The molecule has 0 spiro atoms. The van der Waals surface area contributed by atoms with Gasteiger partial charge in [0.25, 0.3) is 5.91 Å². The fourth-order valence-electron chi connectivity index (χ4n) is 5.46. The summed E-state index contributed by atoms with van der Waals surface area (Å²) in [7, 11) is 0.